The molecule has 0 unspecified atom stereocenters. The normalized spacial score (nSPS) is 14.7. The molecule has 5 nitrogen and oxygen atoms in total. The minimum Gasteiger partial charge on any atom is -0.352 e. The van der Waals surface area contributed by atoms with Gasteiger partial charge in [0.25, 0.3) is 5.91 Å². The molecule has 1 aliphatic rings. The molecule has 134 valence electrons. The van der Waals surface area contributed by atoms with Crippen molar-refractivity contribution in [1.82, 2.24) is 15.1 Å². The SMILES string of the molecule is O=C(c1ccc(Cl)cc1Cl)N1CCN(c2cc(-c3cccs3)[nH]n2)CC1. The topological polar surface area (TPSA) is 52.2 Å². The first-order valence-corrected chi connectivity index (χ1v) is 9.84. The maximum Gasteiger partial charge on any atom is 0.255 e. The number of carbonyl (C=O) groups is 1. The van der Waals surface area contributed by atoms with Gasteiger partial charge in [-0.15, -0.1) is 11.3 Å². The van der Waals surface area contributed by atoms with Crippen LogP contribution in [0.1, 0.15) is 10.4 Å². The Morgan fingerprint density at radius 1 is 1.12 bits per heavy atom. The molecule has 1 amide bonds. The van der Waals surface area contributed by atoms with E-state index in [0.29, 0.717) is 28.7 Å². The van der Waals surface area contributed by atoms with Crippen LogP contribution in [0.5, 0.6) is 0 Å². The number of H-pyrrole nitrogens is 1. The van der Waals surface area contributed by atoms with Crippen LogP contribution in [0.25, 0.3) is 10.6 Å². The molecule has 3 aromatic rings. The van der Waals surface area contributed by atoms with Gasteiger partial charge in [-0.05, 0) is 29.6 Å². The van der Waals surface area contributed by atoms with E-state index in [1.165, 1.54) is 0 Å². The average molecular weight is 407 g/mol. The van der Waals surface area contributed by atoms with E-state index in [1.807, 2.05) is 16.3 Å². The Kier molecular flexibility index (Phi) is 4.89. The molecule has 0 atom stereocenters. The highest BCUT2D eigenvalue weighted by atomic mass is 35.5. The summed E-state index contributed by atoms with van der Waals surface area (Å²) in [5.74, 6) is 0.845. The third kappa shape index (κ3) is 3.45. The molecule has 2 aromatic heterocycles. The second kappa shape index (κ2) is 7.31. The van der Waals surface area contributed by atoms with Gasteiger partial charge in [0.15, 0.2) is 5.82 Å². The van der Waals surface area contributed by atoms with E-state index in [-0.39, 0.29) is 5.91 Å². The van der Waals surface area contributed by atoms with Gasteiger partial charge < -0.3 is 9.80 Å². The Bertz CT molecular complexity index is 917. The van der Waals surface area contributed by atoms with Crippen LogP contribution in [0.3, 0.4) is 0 Å². The van der Waals surface area contributed by atoms with Crippen LogP contribution >= 0.6 is 34.5 Å². The number of aromatic nitrogens is 2. The van der Waals surface area contributed by atoms with E-state index in [9.17, 15) is 4.79 Å². The van der Waals surface area contributed by atoms with E-state index < -0.39 is 0 Å². The number of thiophene rings is 1. The Morgan fingerprint density at radius 2 is 1.92 bits per heavy atom. The molecule has 0 saturated carbocycles. The molecular formula is C18H16Cl2N4OS. The fraction of sp³-hybridized carbons (Fsp3) is 0.222. The molecule has 0 aliphatic carbocycles. The van der Waals surface area contributed by atoms with E-state index in [0.717, 1.165) is 29.5 Å². The standard InChI is InChI=1S/C18H16Cl2N4OS/c19-12-3-4-13(14(20)10-12)18(25)24-7-5-23(6-8-24)17-11-15(21-22-17)16-2-1-9-26-16/h1-4,9-11H,5-8H2,(H,21,22). The maximum absolute atomic E-state index is 12.7. The van der Waals surface area contributed by atoms with Crippen molar-refractivity contribution in [1.29, 1.82) is 0 Å². The van der Waals surface area contributed by atoms with Gasteiger partial charge in [0.05, 0.1) is 21.2 Å². The first kappa shape index (κ1) is 17.4. The third-order valence-electron chi connectivity index (χ3n) is 4.40. The molecule has 8 heteroatoms. The summed E-state index contributed by atoms with van der Waals surface area (Å²) < 4.78 is 0. The quantitative estimate of drug-likeness (QED) is 0.700. The summed E-state index contributed by atoms with van der Waals surface area (Å²) in [6.07, 6.45) is 0. The Labute approximate surface area is 165 Å². The zero-order chi connectivity index (χ0) is 18.1. The molecule has 3 heterocycles. The molecule has 26 heavy (non-hydrogen) atoms. The largest absolute Gasteiger partial charge is 0.352 e. The van der Waals surface area contributed by atoms with Crippen molar-refractivity contribution in [3.63, 3.8) is 0 Å². The predicted octanol–water partition coefficient (Wildman–Crippen LogP) is 4.41. The number of carbonyl (C=O) groups excluding carboxylic acids is 1. The van der Waals surface area contributed by atoms with Gasteiger partial charge in [-0.25, -0.2) is 0 Å². The number of piperazine rings is 1. The number of benzene rings is 1. The Morgan fingerprint density at radius 3 is 2.62 bits per heavy atom. The number of nitrogens with zero attached hydrogens (tertiary/aromatic N) is 3. The molecule has 0 bridgehead atoms. The highest BCUT2D eigenvalue weighted by Crippen LogP contribution is 2.27. The van der Waals surface area contributed by atoms with Crippen LogP contribution in [0.4, 0.5) is 5.82 Å². The number of aromatic amines is 1. The van der Waals surface area contributed by atoms with Gasteiger partial charge >= 0.3 is 0 Å². The molecule has 1 N–H and O–H groups in total. The second-order valence-electron chi connectivity index (χ2n) is 6.02. The van der Waals surface area contributed by atoms with Crippen LogP contribution in [0.15, 0.2) is 41.8 Å². The molecular weight excluding hydrogens is 391 g/mol. The Balaban J connectivity index is 1.42. The third-order valence-corrected chi connectivity index (χ3v) is 5.85. The first-order chi connectivity index (χ1) is 12.6. The lowest BCUT2D eigenvalue weighted by atomic mass is 10.1. The lowest BCUT2D eigenvalue weighted by molar-refractivity contribution is 0.0746. The number of anilines is 1. The lowest BCUT2D eigenvalue weighted by Gasteiger charge is -2.35. The highest BCUT2D eigenvalue weighted by molar-refractivity contribution is 7.13. The van der Waals surface area contributed by atoms with Gasteiger partial charge in [-0.3, -0.25) is 9.89 Å². The maximum atomic E-state index is 12.7. The van der Waals surface area contributed by atoms with Crippen molar-refractivity contribution in [3.8, 4) is 10.6 Å². The van der Waals surface area contributed by atoms with E-state index in [1.54, 1.807) is 29.5 Å². The van der Waals surface area contributed by atoms with E-state index in [2.05, 4.69) is 27.2 Å². The van der Waals surface area contributed by atoms with Crippen LogP contribution in [-0.2, 0) is 0 Å². The Hall–Kier alpha value is -2.02. The molecule has 0 spiro atoms. The minimum atomic E-state index is -0.0624. The van der Waals surface area contributed by atoms with Crippen LogP contribution in [0.2, 0.25) is 10.0 Å². The highest BCUT2D eigenvalue weighted by Gasteiger charge is 2.25. The van der Waals surface area contributed by atoms with Crippen LogP contribution in [-0.4, -0.2) is 47.2 Å². The molecule has 1 aliphatic heterocycles. The molecule has 4 rings (SSSR count). The van der Waals surface area contributed by atoms with Crippen molar-refractivity contribution < 1.29 is 4.79 Å². The van der Waals surface area contributed by atoms with Gasteiger partial charge in [-0.1, -0.05) is 29.3 Å². The van der Waals surface area contributed by atoms with Gasteiger partial charge in [0.2, 0.25) is 0 Å². The zero-order valence-corrected chi connectivity index (χ0v) is 16.1. The van der Waals surface area contributed by atoms with Crippen LogP contribution in [0, 0.1) is 0 Å². The summed E-state index contributed by atoms with van der Waals surface area (Å²) in [6.45, 7) is 2.70. The summed E-state index contributed by atoms with van der Waals surface area (Å²) in [4.78, 5) is 17.9. The van der Waals surface area contributed by atoms with Crippen LogP contribution < -0.4 is 4.90 Å². The monoisotopic (exact) mass is 406 g/mol. The molecule has 1 aromatic carbocycles. The van der Waals surface area contributed by atoms with Gasteiger partial charge in [0.1, 0.15) is 0 Å². The van der Waals surface area contributed by atoms with Crippen molar-refractivity contribution in [2.24, 2.45) is 0 Å². The predicted molar refractivity (Wildman–Crippen MR) is 106 cm³/mol. The summed E-state index contributed by atoms with van der Waals surface area (Å²) in [5, 5.41) is 10.5. The van der Waals surface area contributed by atoms with E-state index >= 15 is 0 Å². The fourth-order valence-corrected chi connectivity index (χ4v) is 4.18. The smallest absolute Gasteiger partial charge is 0.255 e. The average Bonchev–Trinajstić information content (AvgIpc) is 3.33. The van der Waals surface area contributed by atoms with Crippen molar-refractivity contribution in [3.05, 3.63) is 57.4 Å². The summed E-state index contributed by atoms with van der Waals surface area (Å²) in [5.41, 5.74) is 1.51. The number of rotatable bonds is 3. The number of hydrogen-bond acceptors (Lipinski definition) is 4. The van der Waals surface area contributed by atoms with Crippen molar-refractivity contribution in [2.45, 2.75) is 0 Å². The zero-order valence-electron chi connectivity index (χ0n) is 13.8. The summed E-state index contributed by atoms with van der Waals surface area (Å²) >= 11 is 13.7. The van der Waals surface area contributed by atoms with Crippen molar-refractivity contribution >= 4 is 46.3 Å². The van der Waals surface area contributed by atoms with E-state index in [4.69, 9.17) is 23.2 Å². The first-order valence-electron chi connectivity index (χ1n) is 8.20. The summed E-state index contributed by atoms with van der Waals surface area (Å²) in [6, 6.07) is 11.1. The number of amides is 1. The number of hydrogen-bond donors (Lipinski definition) is 1. The van der Waals surface area contributed by atoms with Crippen molar-refractivity contribution in [2.75, 3.05) is 31.1 Å². The molecule has 1 saturated heterocycles. The molecule has 0 radical (unpaired) electrons. The minimum absolute atomic E-state index is 0.0624. The lowest BCUT2D eigenvalue weighted by Crippen LogP contribution is -2.49. The number of halogens is 2. The number of nitrogens with one attached hydrogen (secondary N) is 1. The molecule has 1 fully saturated rings. The fourth-order valence-electron chi connectivity index (χ4n) is 3.00. The summed E-state index contributed by atoms with van der Waals surface area (Å²) in [7, 11) is 0. The van der Waals surface area contributed by atoms with Gasteiger partial charge in [0, 0.05) is 37.3 Å². The van der Waals surface area contributed by atoms with Gasteiger partial charge in [-0.2, -0.15) is 5.10 Å². The second-order valence-corrected chi connectivity index (χ2v) is 7.81.